The molecule has 1 aromatic heterocycles. The topological polar surface area (TPSA) is 64.9 Å². The Labute approximate surface area is 117 Å². The third kappa shape index (κ3) is 3.68. The molecule has 1 heterocycles. The van der Waals surface area contributed by atoms with Gasteiger partial charge in [0.05, 0.1) is 11.8 Å². The molecule has 2 aromatic rings. The van der Waals surface area contributed by atoms with Crippen LogP contribution in [-0.4, -0.2) is 10.1 Å². The minimum Gasteiger partial charge on any atom is -0.338 e. The first-order chi connectivity index (χ1) is 9.20. The van der Waals surface area contributed by atoms with Crippen LogP contribution < -0.4 is 5.73 Å². The van der Waals surface area contributed by atoms with Gasteiger partial charge >= 0.3 is 0 Å². The Bertz CT molecular complexity index is 553. The van der Waals surface area contributed by atoms with Gasteiger partial charge in [-0.2, -0.15) is 4.98 Å². The standard InChI is InChI=1S/C14H17N3OS/c1-3-6-11(15)14-16-13(17-18-14)9-19-12-8-5-4-7-10(12)2/h3-5,7-8,11H,1,6,9,15H2,2H3. The first-order valence-electron chi connectivity index (χ1n) is 6.08. The van der Waals surface area contributed by atoms with Gasteiger partial charge in [0, 0.05) is 4.90 Å². The van der Waals surface area contributed by atoms with Crippen LogP contribution in [0.1, 0.15) is 29.7 Å². The van der Waals surface area contributed by atoms with E-state index in [-0.39, 0.29) is 6.04 Å². The molecule has 100 valence electrons. The van der Waals surface area contributed by atoms with Crippen molar-refractivity contribution >= 4 is 11.8 Å². The van der Waals surface area contributed by atoms with Gasteiger partial charge in [-0.1, -0.05) is 29.4 Å². The van der Waals surface area contributed by atoms with E-state index in [2.05, 4.69) is 35.8 Å². The maximum absolute atomic E-state index is 5.88. The summed E-state index contributed by atoms with van der Waals surface area (Å²) in [5.74, 6) is 1.82. The second-order valence-electron chi connectivity index (χ2n) is 4.23. The molecule has 19 heavy (non-hydrogen) atoms. The number of nitrogens with zero attached hydrogens (tertiary/aromatic N) is 2. The van der Waals surface area contributed by atoms with Crippen LogP contribution in [0.3, 0.4) is 0 Å². The van der Waals surface area contributed by atoms with E-state index in [4.69, 9.17) is 10.3 Å². The van der Waals surface area contributed by atoms with Crippen molar-refractivity contribution < 1.29 is 4.52 Å². The highest BCUT2D eigenvalue weighted by Gasteiger charge is 2.13. The second kappa shape index (κ2) is 6.54. The Morgan fingerprint density at radius 2 is 2.26 bits per heavy atom. The van der Waals surface area contributed by atoms with Crippen LogP contribution >= 0.6 is 11.8 Å². The predicted octanol–water partition coefficient (Wildman–Crippen LogP) is 3.25. The summed E-state index contributed by atoms with van der Waals surface area (Å²) in [6.45, 7) is 5.73. The van der Waals surface area contributed by atoms with E-state index in [0.717, 1.165) is 0 Å². The quantitative estimate of drug-likeness (QED) is 0.647. The van der Waals surface area contributed by atoms with E-state index in [1.165, 1.54) is 10.5 Å². The molecule has 1 unspecified atom stereocenters. The predicted molar refractivity (Wildman–Crippen MR) is 76.8 cm³/mol. The van der Waals surface area contributed by atoms with Crippen molar-refractivity contribution in [3.63, 3.8) is 0 Å². The maximum Gasteiger partial charge on any atom is 0.243 e. The fourth-order valence-electron chi connectivity index (χ4n) is 1.62. The van der Waals surface area contributed by atoms with E-state index < -0.39 is 0 Å². The molecule has 0 radical (unpaired) electrons. The average molecular weight is 275 g/mol. The number of aryl methyl sites for hydroxylation is 1. The molecule has 1 aromatic carbocycles. The maximum atomic E-state index is 5.88. The summed E-state index contributed by atoms with van der Waals surface area (Å²) in [6, 6.07) is 7.97. The highest BCUT2D eigenvalue weighted by atomic mass is 32.2. The van der Waals surface area contributed by atoms with E-state index in [0.29, 0.717) is 23.9 Å². The fraction of sp³-hybridized carbons (Fsp3) is 0.286. The summed E-state index contributed by atoms with van der Waals surface area (Å²) < 4.78 is 5.15. The van der Waals surface area contributed by atoms with E-state index in [1.54, 1.807) is 17.8 Å². The van der Waals surface area contributed by atoms with Crippen molar-refractivity contribution in [3.8, 4) is 0 Å². The van der Waals surface area contributed by atoms with Gasteiger partial charge in [-0.3, -0.25) is 0 Å². The van der Waals surface area contributed by atoms with E-state index in [9.17, 15) is 0 Å². The van der Waals surface area contributed by atoms with Crippen molar-refractivity contribution in [2.45, 2.75) is 30.0 Å². The molecule has 0 amide bonds. The Hall–Kier alpha value is -1.59. The lowest BCUT2D eigenvalue weighted by Gasteiger charge is -2.02. The van der Waals surface area contributed by atoms with Crippen molar-refractivity contribution in [1.82, 2.24) is 10.1 Å². The number of nitrogens with two attached hydrogens (primary N) is 1. The van der Waals surface area contributed by atoms with Gasteiger partial charge in [-0.05, 0) is 25.0 Å². The normalized spacial score (nSPS) is 12.3. The summed E-state index contributed by atoms with van der Waals surface area (Å²) in [5.41, 5.74) is 7.13. The highest BCUT2D eigenvalue weighted by Crippen LogP contribution is 2.25. The van der Waals surface area contributed by atoms with E-state index in [1.807, 2.05) is 12.1 Å². The summed E-state index contributed by atoms with van der Waals surface area (Å²) >= 11 is 1.69. The smallest absolute Gasteiger partial charge is 0.243 e. The van der Waals surface area contributed by atoms with Gasteiger partial charge in [0.1, 0.15) is 0 Å². The van der Waals surface area contributed by atoms with Gasteiger partial charge in [0.2, 0.25) is 5.89 Å². The second-order valence-corrected chi connectivity index (χ2v) is 5.25. The lowest BCUT2D eigenvalue weighted by Crippen LogP contribution is -2.09. The van der Waals surface area contributed by atoms with Gasteiger partial charge in [0.15, 0.2) is 5.82 Å². The lowest BCUT2D eigenvalue weighted by atomic mass is 10.2. The number of thioether (sulfide) groups is 1. The van der Waals surface area contributed by atoms with Crippen LogP contribution in [0.5, 0.6) is 0 Å². The molecule has 0 saturated heterocycles. The van der Waals surface area contributed by atoms with Crippen LogP contribution in [0.25, 0.3) is 0 Å². The van der Waals surface area contributed by atoms with Crippen LogP contribution in [0, 0.1) is 6.92 Å². The van der Waals surface area contributed by atoms with Crippen molar-refractivity contribution in [2.75, 3.05) is 0 Å². The van der Waals surface area contributed by atoms with Crippen LogP contribution in [0.15, 0.2) is 46.3 Å². The summed E-state index contributed by atoms with van der Waals surface area (Å²) in [5, 5.41) is 3.94. The number of hydrogen-bond acceptors (Lipinski definition) is 5. The molecule has 0 aliphatic heterocycles. The summed E-state index contributed by atoms with van der Waals surface area (Å²) in [6.07, 6.45) is 2.38. The molecule has 2 N–H and O–H groups in total. The van der Waals surface area contributed by atoms with Gasteiger partial charge in [-0.25, -0.2) is 0 Å². The Morgan fingerprint density at radius 1 is 1.47 bits per heavy atom. The monoisotopic (exact) mass is 275 g/mol. The highest BCUT2D eigenvalue weighted by molar-refractivity contribution is 7.98. The number of rotatable bonds is 6. The van der Waals surface area contributed by atoms with Crippen LogP contribution in [0.2, 0.25) is 0 Å². The minimum absolute atomic E-state index is 0.262. The minimum atomic E-state index is -0.262. The van der Waals surface area contributed by atoms with E-state index >= 15 is 0 Å². The van der Waals surface area contributed by atoms with Gasteiger partial charge in [-0.15, -0.1) is 18.3 Å². The third-order valence-corrected chi connectivity index (χ3v) is 3.84. The molecule has 0 spiro atoms. The molecule has 0 fully saturated rings. The largest absolute Gasteiger partial charge is 0.338 e. The zero-order chi connectivity index (χ0) is 13.7. The molecule has 0 aliphatic rings. The molecular weight excluding hydrogens is 258 g/mol. The molecule has 4 nitrogen and oxygen atoms in total. The number of benzene rings is 1. The third-order valence-electron chi connectivity index (χ3n) is 2.67. The van der Waals surface area contributed by atoms with Gasteiger partial charge in [0.25, 0.3) is 0 Å². The Morgan fingerprint density at radius 3 is 3.00 bits per heavy atom. The average Bonchev–Trinajstić information content (AvgIpc) is 2.87. The molecule has 0 bridgehead atoms. The van der Waals surface area contributed by atoms with Crippen molar-refractivity contribution in [1.29, 1.82) is 0 Å². The Balaban J connectivity index is 1.97. The Kier molecular flexibility index (Phi) is 4.76. The molecule has 2 rings (SSSR count). The molecule has 0 aliphatic carbocycles. The SMILES string of the molecule is C=CCC(N)c1nc(CSc2ccccc2C)no1. The molecular formula is C14H17N3OS. The van der Waals surface area contributed by atoms with Crippen molar-refractivity contribution in [2.24, 2.45) is 5.73 Å². The van der Waals surface area contributed by atoms with Crippen LogP contribution in [-0.2, 0) is 5.75 Å². The summed E-state index contributed by atoms with van der Waals surface area (Å²) in [4.78, 5) is 5.53. The number of aromatic nitrogens is 2. The van der Waals surface area contributed by atoms with Gasteiger partial charge < -0.3 is 10.3 Å². The molecule has 1 atom stereocenters. The van der Waals surface area contributed by atoms with Crippen LogP contribution in [0.4, 0.5) is 0 Å². The summed E-state index contributed by atoms with van der Waals surface area (Å²) in [7, 11) is 0. The zero-order valence-corrected chi connectivity index (χ0v) is 11.7. The lowest BCUT2D eigenvalue weighted by molar-refractivity contribution is 0.352. The fourth-order valence-corrected chi connectivity index (χ4v) is 2.49. The first kappa shape index (κ1) is 13.8. The molecule has 0 saturated carbocycles. The first-order valence-corrected chi connectivity index (χ1v) is 7.06. The number of hydrogen-bond donors (Lipinski definition) is 1. The van der Waals surface area contributed by atoms with Crippen molar-refractivity contribution in [3.05, 3.63) is 54.2 Å². The molecule has 5 heteroatoms. The zero-order valence-electron chi connectivity index (χ0n) is 10.9.